The molecule has 2 aromatic carbocycles. The highest BCUT2D eigenvalue weighted by molar-refractivity contribution is 6.30. The number of halogens is 1. The minimum atomic E-state index is 0.797. The first kappa shape index (κ1) is 11.2. The molecule has 0 aliphatic rings. The summed E-state index contributed by atoms with van der Waals surface area (Å²) in [5, 5.41) is 0.797. The monoisotopic (exact) mass is 230 g/mol. The normalized spacial score (nSPS) is 10.4. The number of benzene rings is 2. The summed E-state index contributed by atoms with van der Waals surface area (Å²) in [6.45, 7) is 2.18. The molecule has 0 unspecified atom stereocenters. The molecular weight excluding hydrogens is 216 g/mol. The van der Waals surface area contributed by atoms with Crippen LogP contribution in [0.25, 0.3) is 0 Å². The largest absolute Gasteiger partial charge is 0.0843 e. The third-order valence-electron chi connectivity index (χ3n) is 2.72. The number of aryl methyl sites for hydroxylation is 1. The Labute approximate surface area is 102 Å². The van der Waals surface area contributed by atoms with Gasteiger partial charge in [-0.05, 0) is 41.7 Å². The van der Waals surface area contributed by atoms with Crippen molar-refractivity contribution in [1.82, 2.24) is 0 Å². The Kier molecular flexibility index (Phi) is 3.63. The number of hydrogen-bond donors (Lipinski definition) is 0. The van der Waals surface area contributed by atoms with Crippen molar-refractivity contribution in [2.45, 2.75) is 19.8 Å². The maximum absolute atomic E-state index is 5.86. The first-order valence-electron chi connectivity index (χ1n) is 5.60. The molecule has 0 spiro atoms. The molecule has 0 radical (unpaired) electrons. The number of hydrogen-bond acceptors (Lipinski definition) is 0. The van der Waals surface area contributed by atoms with Crippen molar-refractivity contribution in [2.75, 3.05) is 0 Å². The fraction of sp³-hybridized carbons (Fsp3) is 0.200. The van der Waals surface area contributed by atoms with E-state index in [1.807, 2.05) is 12.1 Å². The van der Waals surface area contributed by atoms with Crippen molar-refractivity contribution in [3.63, 3.8) is 0 Å². The molecule has 82 valence electrons. The molecule has 0 aromatic heterocycles. The average molecular weight is 231 g/mol. The summed E-state index contributed by atoms with van der Waals surface area (Å²) in [4.78, 5) is 0. The van der Waals surface area contributed by atoms with Crippen molar-refractivity contribution in [3.8, 4) is 0 Å². The Bertz CT molecular complexity index is 457. The molecule has 2 aromatic rings. The van der Waals surface area contributed by atoms with Crippen LogP contribution < -0.4 is 0 Å². The van der Waals surface area contributed by atoms with Gasteiger partial charge >= 0.3 is 0 Å². The summed E-state index contributed by atoms with van der Waals surface area (Å²) in [5.74, 6) is 0. The Morgan fingerprint density at radius 3 is 2.25 bits per heavy atom. The Balaban J connectivity index is 2.16. The minimum Gasteiger partial charge on any atom is -0.0843 e. The van der Waals surface area contributed by atoms with E-state index in [0.717, 1.165) is 17.9 Å². The van der Waals surface area contributed by atoms with Crippen molar-refractivity contribution in [2.24, 2.45) is 0 Å². The summed E-state index contributed by atoms with van der Waals surface area (Å²) in [6.07, 6.45) is 2.07. The molecule has 0 saturated heterocycles. The quantitative estimate of drug-likeness (QED) is 0.729. The van der Waals surface area contributed by atoms with Gasteiger partial charge in [0.15, 0.2) is 0 Å². The standard InChI is InChI=1S/C15H15Cl/c1-2-12-4-3-5-14(10-12)11-13-6-8-15(16)9-7-13/h3-10H,2,11H2,1H3. The van der Waals surface area contributed by atoms with Gasteiger partial charge < -0.3 is 0 Å². The molecule has 0 aliphatic heterocycles. The Hall–Kier alpha value is -1.27. The zero-order chi connectivity index (χ0) is 11.4. The van der Waals surface area contributed by atoms with Gasteiger partial charge in [-0.2, -0.15) is 0 Å². The van der Waals surface area contributed by atoms with Gasteiger partial charge in [-0.3, -0.25) is 0 Å². The lowest BCUT2D eigenvalue weighted by Gasteiger charge is -2.04. The predicted molar refractivity (Wildman–Crippen MR) is 70.1 cm³/mol. The zero-order valence-corrected chi connectivity index (χ0v) is 10.2. The number of rotatable bonds is 3. The van der Waals surface area contributed by atoms with Crippen LogP contribution in [-0.2, 0) is 12.8 Å². The highest BCUT2D eigenvalue weighted by Crippen LogP contribution is 2.14. The molecule has 1 heteroatoms. The van der Waals surface area contributed by atoms with Gasteiger partial charge in [0.25, 0.3) is 0 Å². The average Bonchev–Trinajstić information content (AvgIpc) is 2.32. The fourth-order valence-electron chi connectivity index (χ4n) is 1.80. The summed E-state index contributed by atoms with van der Waals surface area (Å²) in [7, 11) is 0. The topological polar surface area (TPSA) is 0 Å². The molecule has 0 bridgehead atoms. The van der Waals surface area contributed by atoms with E-state index in [1.54, 1.807) is 0 Å². The van der Waals surface area contributed by atoms with Crippen LogP contribution in [0.2, 0.25) is 5.02 Å². The zero-order valence-electron chi connectivity index (χ0n) is 9.41. The van der Waals surface area contributed by atoms with Crippen LogP contribution in [0.3, 0.4) is 0 Å². The molecule has 16 heavy (non-hydrogen) atoms. The lowest BCUT2D eigenvalue weighted by atomic mass is 10.0. The summed E-state index contributed by atoms with van der Waals surface area (Å²) >= 11 is 5.86. The van der Waals surface area contributed by atoms with E-state index in [9.17, 15) is 0 Å². The van der Waals surface area contributed by atoms with Crippen LogP contribution in [0, 0.1) is 0 Å². The van der Waals surface area contributed by atoms with Crippen LogP contribution >= 0.6 is 11.6 Å². The molecule has 0 amide bonds. The fourth-order valence-corrected chi connectivity index (χ4v) is 1.92. The molecule has 0 atom stereocenters. The highest BCUT2D eigenvalue weighted by Gasteiger charge is 1.97. The van der Waals surface area contributed by atoms with Crippen molar-refractivity contribution in [3.05, 3.63) is 70.2 Å². The second-order valence-corrected chi connectivity index (χ2v) is 4.41. The summed E-state index contributed by atoms with van der Waals surface area (Å²) in [5.41, 5.74) is 4.06. The van der Waals surface area contributed by atoms with Crippen LogP contribution in [0.1, 0.15) is 23.6 Å². The molecule has 0 aliphatic carbocycles. The van der Waals surface area contributed by atoms with Gasteiger partial charge in [0.1, 0.15) is 0 Å². The lowest BCUT2D eigenvalue weighted by molar-refractivity contribution is 1.11. The van der Waals surface area contributed by atoms with Crippen LogP contribution in [0.5, 0.6) is 0 Å². The van der Waals surface area contributed by atoms with Gasteiger partial charge in [-0.1, -0.05) is 54.9 Å². The van der Waals surface area contributed by atoms with E-state index in [4.69, 9.17) is 11.6 Å². The van der Waals surface area contributed by atoms with Gasteiger partial charge in [-0.15, -0.1) is 0 Å². The van der Waals surface area contributed by atoms with Crippen LogP contribution in [-0.4, -0.2) is 0 Å². The van der Waals surface area contributed by atoms with Crippen molar-refractivity contribution in [1.29, 1.82) is 0 Å². The van der Waals surface area contributed by atoms with Gasteiger partial charge in [0, 0.05) is 5.02 Å². The van der Waals surface area contributed by atoms with Gasteiger partial charge in [-0.25, -0.2) is 0 Å². The van der Waals surface area contributed by atoms with E-state index >= 15 is 0 Å². The smallest absolute Gasteiger partial charge is 0.0406 e. The lowest BCUT2D eigenvalue weighted by Crippen LogP contribution is -1.89. The summed E-state index contributed by atoms with van der Waals surface area (Å²) in [6, 6.07) is 16.8. The predicted octanol–water partition coefficient (Wildman–Crippen LogP) is 4.49. The van der Waals surface area contributed by atoms with Crippen molar-refractivity contribution >= 4 is 11.6 Å². The van der Waals surface area contributed by atoms with Crippen molar-refractivity contribution < 1.29 is 0 Å². The molecule has 0 fully saturated rings. The molecule has 0 N–H and O–H groups in total. The minimum absolute atomic E-state index is 0.797. The van der Waals surface area contributed by atoms with Crippen LogP contribution in [0.15, 0.2) is 48.5 Å². The molecule has 0 saturated carbocycles. The van der Waals surface area contributed by atoms with E-state index < -0.39 is 0 Å². The molecule has 2 rings (SSSR count). The van der Waals surface area contributed by atoms with E-state index in [0.29, 0.717) is 0 Å². The van der Waals surface area contributed by atoms with Gasteiger partial charge in [0.05, 0.1) is 0 Å². The van der Waals surface area contributed by atoms with E-state index in [-0.39, 0.29) is 0 Å². The molecule has 0 heterocycles. The maximum atomic E-state index is 5.86. The maximum Gasteiger partial charge on any atom is 0.0406 e. The molecular formula is C15H15Cl. The highest BCUT2D eigenvalue weighted by atomic mass is 35.5. The van der Waals surface area contributed by atoms with E-state index in [1.165, 1.54) is 16.7 Å². The first-order chi connectivity index (χ1) is 7.78. The van der Waals surface area contributed by atoms with Gasteiger partial charge in [0.2, 0.25) is 0 Å². The Morgan fingerprint density at radius 1 is 0.875 bits per heavy atom. The van der Waals surface area contributed by atoms with E-state index in [2.05, 4.69) is 43.3 Å². The first-order valence-corrected chi connectivity index (χ1v) is 5.98. The summed E-state index contributed by atoms with van der Waals surface area (Å²) < 4.78 is 0. The third-order valence-corrected chi connectivity index (χ3v) is 2.97. The second kappa shape index (κ2) is 5.18. The SMILES string of the molecule is CCc1cccc(Cc2ccc(Cl)cc2)c1. The third kappa shape index (κ3) is 2.86. The Morgan fingerprint density at radius 2 is 1.56 bits per heavy atom. The van der Waals surface area contributed by atoms with Crippen LogP contribution in [0.4, 0.5) is 0 Å². The molecule has 0 nitrogen and oxygen atoms in total. The second-order valence-electron chi connectivity index (χ2n) is 3.98.